The first kappa shape index (κ1) is 17.0. The lowest BCUT2D eigenvalue weighted by atomic mass is 9.93. The fourth-order valence-electron chi connectivity index (χ4n) is 3.24. The summed E-state index contributed by atoms with van der Waals surface area (Å²) in [6.45, 7) is 5.83. The van der Waals surface area contributed by atoms with Crippen molar-refractivity contribution in [3.63, 3.8) is 0 Å². The number of carbonyl (C=O) groups excluding carboxylic acids is 2. The molecule has 1 saturated carbocycles. The van der Waals surface area contributed by atoms with E-state index in [4.69, 9.17) is 4.74 Å². The molecule has 24 heavy (non-hydrogen) atoms. The Morgan fingerprint density at radius 1 is 1.38 bits per heavy atom. The third-order valence-corrected chi connectivity index (χ3v) is 4.84. The van der Waals surface area contributed by atoms with Crippen LogP contribution in [0.1, 0.15) is 50.7 Å². The lowest BCUT2D eigenvalue weighted by molar-refractivity contribution is -0.139. The number of ether oxygens (including phenoxy) is 1. The molecule has 1 N–H and O–H groups in total. The number of hydrogen-bond donors (Lipinski definition) is 1. The minimum absolute atomic E-state index is 0.0112. The van der Waals surface area contributed by atoms with E-state index in [0.717, 1.165) is 24.4 Å². The van der Waals surface area contributed by atoms with Gasteiger partial charge in [0, 0.05) is 31.9 Å². The second kappa shape index (κ2) is 7.34. The average Bonchev–Trinajstić information content (AvgIpc) is 2.92. The number of aromatic nitrogens is 2. The van der Waals surface area contributed by atoms with Gasteiger partial charge in [0.1, 0.15) is 12.4 Å². The van der Waals surface area contributed by atoms with Crippen molar-refractivity contribution in [3.05, 3.63) is 17.7 Å². The van der Waals surface area contributed by atoms with E-state index in [1.807, 2.05) is 20.0 Å². The van der Waals surface area contributed by atoms with E-state index in [1.165, 1.54) is 6.42 Å². The summed E-state index contributed by atoms with van der Waals surface area (Å²) in [5.74, 6) is 0.868. The highest BCUT2D eigenvalue weighted by Crippen LogP contribution is 2.25. The molecule has 2 amide bonds. The van der Waals surface area contributed by atoms with E-state index < -0.39 is 0 Å². The Morgan fingerprint density at radius 2 is 2.17 bits per heavy atom. The summed E-state index contributed by atoms with van der Waals surface area (Å²) in [6, 6.07) is 0.246. The van der Waals surface area contributed by atoms with Crippen molar-refractivity contribution in [2.24, 2.45) is 0 Å². The van der Waals surface area contributed by atoms with Gasteiger partial charge in [-0.1, -0.05) is 0 Å². The molecule has 0 bridgehead atoms. The smallest absolute Gasteiger partial charge is 0.249 e. The highest BCUT2D eigenvalue weighted by Gasteiger charge is 2.30. The normalized spacial score (nSPS) is 20.4. The predicted molar refractivity (Wildman–Crippen MR) is 88.3 cm³/mol. The molecule has 0 saturated heterocycles. The van der Waals surface area contributed by atoms with Crippen LogP contribution in [0.5, 0.6) is 0 Å². The van der Waals surface area contributed by atoms with E-state index in [0.29, 0.717) is 32.2 Å². The van der Waals surface area contributed by atoms with Gasteiger partial charge in [-0.3, -0.25) is 9.59 Å². The summed E-state index contributed by atoms with van der Waals surface area (Å²) < 4.78 is 7.28. The number of nitrogens with zero attached hydrogens (tertiary/aromatic N) is 3. The molecule has 1 aromatic rings. The summed E-state index contributed by atoms with van der Waals surface area (Å²) in [5, 5.41) is 3.04. The lowest BCUT2D eigenvalue weighted by Gasteiger charge is -2.33. The number of fused-ring (bicyclic) bond motifs is 1. The molecule has 132 valence electrons. The van der Waals surface area contributed by atoms with Crippen LogP contribution in [-0.2, 0) is 27.3 Å². The molecular formula is C17H26N4O3. The first-order chi connectivity index (χ1) is 11.6. The molecule has 1 atom stereocenters. The Labute approximate surface area is 142 Å². The van der Waals surface area contributed by atoms with Crippen molar-refractivity contribution in [2.75, 3.05) is 19.8 Å². The van der Waals surface area contributed by atoms with Crippen LogP contribution in [0.3, 0.4) is 0 Å². The molecule has 3 rings (SSSR count). The van der Waals surface area contributed by atoms with E-state index in [-0.39, 0.29) is 24.5 Å². The third-order valence-electron chi connectivity index (χ3n) is 4.84. The Bertz CT molecular complexity index is 609. The standard InChI is InChI=1S/C17H26N4O3/c1-3-24-11-16(23)21-8-7-20-10-14(19-17(20)12(21)2)9-15(22)18-13-5-4-6-13/h10,12-13H,3-9,11H2,1-2H3,(H,18,22)/t12-/m0/s1. The Morgan fingerprint density at radius 3 is 2.83 bits per heavy atom. The van der Waals surface area contributed by atoms with Crippen molar-refractivity contribution >= 4 is 11.8 Å². The van der Waals surface area contributed by atoms with Gasteiger partial charge in [-0.2, -0.15) is 0 Å². The summed E-state index contributed by atoms with van der Waals surface area (Å²) >= 11 is 0. The van der Waals surface area contributed by atoms with Crippen LogP contribution < -0.4 is 5.32 Å². The SMILES string of the molecule is CCOCC(=O)N1CCn2cc(CC(=O)NC3CCC3)nc2[C@@H]1C. The maximum atomic E-state index is 12.2. The van der Waals surface area contributed by atoms with E-state index in [1.54, 1.807) is 4.90 Å². The molecule has 7 nitrogen and oxygen atoms in total. The molecule has 7 heteroatoms. The molecule has 0 spiro atoms. The minimum atomic E-state index is -0.102. The molecule has 0 radical (unpaired) electrons. The fourth-order valence-corrected chi connectivity index (χ4v) is 3.24. The van der Waals surface area contributed by atoms with Crippen LogP contribution in [0.4, 0.5) is 0 Å². The molecular weight excluding hydrogens is 308 g/mol. The van der Waals surface area contributed by atoms with Crippen LogP contribution in [0, 0.1) is 0 Å². The van der Waals surface area contributed by atoms with Gasteiger partial charge in [0.25, 0.3) is 0 Å². The van der Waals surface area contributed by atoms with Crippen LogP contribution in [0.15, 0.2) is 6.20 Å². The molecule has 2 heterocycles. The fraction of sp³-hybridized carbons (Fsp3) is 0.706. The van der Waals surface area contributed by atoms with E-state index in [9.17, 15) is 9.59 Å². The van der Waals surface area contributed by atoms with Crippen molar-refractivity contribution in [3.8, 4) is 0 Å². The largest absolute Gasteiger partial charge is 0.372 e. The Balaban J connectivity index is 1.62. The van der Waals surface area contributed by atoms with Gasteiger partial charge >= 0.3 is 0 Å². The summed E-state index contributed by atoms with van der Waals surface area (Å²) in [4.78, 5) is 30.7. The third kappa shape index (κ3) is 3.61. The molecule has 1 aliphatic heterocycles. The maximum absolute atomic E-state index is 12.2. The van der Waals surface area contributed by atoms with Crippen LogP contribution in [0.25, 0.3) is 0 Å². The van der Waals surface area contributed by atoms with E-state index in [2.05, 4.69) is 14.9 Å². The first-order valence-corrected chi connectivity index (χ1v) is 8.81. The molecule has 2 aliphatic rings. The summed E-state index contributed by atoms with van der Waals surface area (Å²) in [7, 11) is 0. The molecule has 1 fully saturated rings. The number of rotatable bonds is 6. The van der Waals surface area contributed by atoms with Crippen molar-refractivity contribution < 1.29 is 14.3 Å². The zero-order valence-corrected chi connectivity index (χ0v) is 14.5. The van der Waals surface area contributed by atoms with Crippen molar-refractivity contribution in [1.29, 1.82) is 0 Å². The topological polar surface area (TPSA) is 76.5 Å². The van der Waals surface area contributed by atoms with Gasteiger partial charge in [0.15, 0.2) is 0 Å². The average molecular weight is 334 g/mol. The quantitative estimate of drug-likeness (QED) is 0.843. The van der Waals surface area contributed by atoms with Gasteiger partial charge in [-0.05, 0) is 33.1 Å². The number of carbonyl (C=O) groups is 2. The molecule has 0 unspecified atom stereocenters. The summed E-state index contributed by atoms with van der Waals surface area (Å²) in [6.07, 6.45) is 5.61. The van der Waals surface area contributed by atoms with Crippen molar-refractivity contribution in [2.45, 2.75) is 58.2 Å². The second-order valence-corrected chi connectivity index (χ2v) is 6.56. The van der Waals surface area contributed by atoms with Gasteiger partial charge in [0.2, 0.25) is 11.8 Å². The highest BCUT2D eigenvalue weighted by molar-refractivity contribution is 5.79. The van der Waals surface area contributed by atoms with E-state index >= 15 is 0 Å². The first-order valence-electron chi connectivity index (χ1n) is 8.81. The van der Waals surface area contributed by atoms with Crippen LogP contribution >= 0.6 is 0 Å². The van der Waals surface area contributed by atoms with Gasteiger partial charge in [-0.15, -0.1) is 0 Å². The number of nitrogens with one attached hydrogen (secondary N) is 1. The minimum Gasteiger partial charge on any atom is -0.372 e. The van der Waals surface area contributed by atoms with Gasteiger partial charge in [-0.25, -0.2) is 4.98 Å². The Hall–Kier alpha value is -1.89. The monoisotopic (exact) mass is 334 g/mol. The number of imidazole rings is 1. The van der Waals surface area contributed by atoms with Crippen LogP contribution in [0.2, 0.25) is 0 Å². The zero-order chi connectivity index (χ0) is 17.1. The van der Waals surface area contributed by atoms with Gasteiger partial charge < -0.3 is 19.5 Å². The summed E-state index contributed by atoms with van der Waals surface area (Å²) in [5.41, 5.74) is 0.771. The molecule has 1 aliphatic carbocycles. The number of hydrogen-bond acceptors (Lipinski definition) is 4. The zero-order valence-electron chi connectivity index (χ0n) is 14.5. The maximum Gasteiger partial charge on any atom is 0.249 e. The molecule has 1 aromatic heterocycles. The highest BCUT2D eigenvalue weighted by atomic mass is 16.5. The second-order valence-electron chi connectivity index (χ2n) is 6.56. The predicted octanol–water partition coefficient (Wildman–Crippen LogP) is 1.03. The Kier molecular flexibility index (Phi) is 5.18. The lowest BCUT2D eigenvalue weighted by Crippen LogP contribution is -2.42. The molecule has 0 aromatic carbocycles. The van der Waals surface area contributed by atoms with Gasteiger partial charge in [0.05, 0.1) is 18.2 Å². The van der Waals surface area contributed by atoms with Crippen LogP contribution in [-0.4, -0.2) is 52.1 Å². The number of amides is 2. The van der Waals surface area contributed by atoms with Crippen molar-refractivity contribution in [1.82, 2.24) is 19.8 Å².